The van der Waals surface area contributed by atoms with Gasteiger partial charge in [-0.2, -0.15) is 0 Å². The summed E-state index contributed by atoms with van der Waals surface area (Å²) in [6.45, 7) is 1.23. The van der Waals surface area contributed by atoms with Gasteiger partial charge in [0.05, 0.1) is 0 Å². The molecule has 0 spiro atoms. The molecule has 0 aliphatic rings. The van der Waals surface area contributed by atoms with E-state index in [9.17, 15) is 0 Å². The first kappa shape index (κ1) is 12.6. The van der Waals surface area contributed by atoms with Crippen LogP contribution < -0.4 is 16.4 Å². The second-order valence-corrected chi connectivity index (χ2v) is 4.08. The summed E-state index contributed by atoms with van der Waals surface area (Å²) < 4.78 is 0. The number of aromatic nitrogens is 2. The Balaban J connectivity index is 2.09. The molecular formula is C12H14ClN5. The Hall–Kier alpha value is -1.85. The van der Waals surface area contributed by atoms with Crippen LogP contribution in [0.3, 0.4) is 0 Å². The molecule has 0 bridgehead atoms. The lowest BCUT2D eigenvalue weighted by Gasteiger charge is -2.08. The molecule has 0 aliphatic carbocycles. The molecule has 0 amide bonds. The molecule has 0 radical (unpaired) electrons. The maximum atomic E-state index is 5.91. The maximum absolute atomic E-state index is 5.91. The Bertz CT molecular complexity index is 517. The van der Waals surface area contributed by atoms with Crippen LogP contribution in [0.2, 0.25) is 5.02 Å². The molecule has 94 valence electrons. The van der Waals surface area contributed by atoms with Crippen LogP contribution in [0, 0.1) is 0 Å². The molecule has 5 nitrogen and oxygen atoms in total. The van der Waals surface area contributed by atoms with Crippen molar-refractivity contribution in [1.29, 1.82) is 0 Å². The lowest BCUT2D eigenvalue weighted by atomic mass is 10.3. The molecule has 18 heavy (non-hydrogen) atoms. The molecule has 0 aliphatic heterocycles. The number of anilines is 3. The van der Waals surface area contributed by atoms with Gasteiger partial charge in [0.2, 0.25) is 0 Å². The predicted molar refractivity (Wildman–Crippen MR) is 74.3 cm³/mol. The number of nitrogens with two attached hydrogens (primary N) is 1. The largest absolute Gasteiger partial charge is 0.369 e. The van der Waals surface area contributed by atoms with E-state index in [-0.39, 0.29) is 0 Å². The van der Waals surface area contributed by atoms with Gasteiger partial charge < -0.3 is 16.4 Å². The lowest BCUT2D eigenvalue weighted by molar-refractivity contribution is 1.00. The molecule has 0 saturated carbocycles. The second kappa shape index (κ2) is 6.18. The minimum atomic E-state index is 0.557. The minimum Gasteiger partial charge on any atom is -0.369 e. The number of rotatable bonds is 5. The molecule has 0 saturated heterocycles. The van der Waals surface area contributed by atoms with Crippen molar-refractivity contribution in [2.45, 2.75) is 0 Å². The van der Waals surface area contributed by atoms with Gasteiger partial charge in [-0.1, -0.05) is 17.7 Å². The Morgan fingerprint density at radius 2 is 2.00 bits per heavy atom. The Kier molecular flexibility index (Phi) is 4.33. The minimum absolute atomic E-state index is 0.557. The van der Waals surface area contributed by atoms with E-state index in [1.54, 1.807) is 0 Å². The van der Waals surface area contributed by atoms with E-state index in [1.165, 1.54) is 6.33 Å². The van der Waals surface area contributed by atoms with E-state index in [2.05, 4.69) is 20.6 Å². The first-order valence-electron chi connectivity index (χ1n) is 5.56. The second-order valence-electron chi connectivity index (χ2n) is 3.64. The van der Waals surface area contributed by atoms with Crippen LogP contribution in [0.1, 0.15) is 0 Å². The number of hydrogen-bond acceptors (Lipinski definition) is 5. The Labute approximate surface area is 110 Å². The third-order valence-electron chi connectivity index (χ3n) is 2.21. The topological polar surface area (TPSA) is 75.9 Å². The first-order valence-corrected chi connectivity index (χ1v) is 5.94. The van der Waals surface area contributed by atoms with Gasteiger partial charge in [-0.15, -0.1) is 0 Å². The molecule has 2 rings (SSSR count). The number of nitrogens with one attached hydrogen (secondary N) is 2. The fourth-order valence-corrected chi connectivity index (χ4v) is 1.63. The quantitative estimate of drug-likeness (QED) is 0.771. The number of hydrogen-bond donors (Lipinski definition) is 3. The van der Waals surface area contributed by atoms with Crippen LogP contribution >= 0.6 is 11.6 Å². The van der Waals surface area contributed by atoms with E-state index < -0.39 is 0 Å². The summed E-state index contributed by atoms with van der Waals surface area (Å²) in [5.74, 6) is 1.44. The number of nitrogens with zero attached hydrogens (tertiary/aromatic N) is 2. The third kappa shape index (κ3) is 3.58. The first-order chi connectivity index (χ1) is 8.78. The standard InChI is InChI=1S/C12H14ClN5/c13-9-2-1-3-10(6-9)18-12-7-11(15-5-4-14)16-8-17-12/h1-3,6-8H,4-5,14H2,(H2,15,16,17,18). The summed E-state index contributed by atoms with van der Waals surface area (Å²) in [6.07, 6.45) is 1.49. The van der Waals surface area contributed by atoms with Crippen LogP contribution in [0.25, 0.3) is 0 Å². The van der Waals surface area contributed by atoms with Gasteiger partial charge in [-0.3, -0.25) is 0 Å². The highest BCUT2D eigenvalue weighted by Gasteiger charge is 1.99. The van der Waals surface area contributed by atoms with Crippen molar-refractivity contribution in [3.05, 3.63) is 41.7 Å². The third-order valence-corrected chi connectivity index (χ3v) is 2.45. The molecule has 1 heterocycles. The van der Waals surface area contributed by atoms with Gasteiger partial charge in [-0.05, 0) is 18.2 Å². The summed E-state index contributed by atoms with van der Waals surface area (Å²) in [5.41, 5.74) is 6.30. The van der Waals surface area contributed by atoms with Gasteiger partial charge in [0.15, 0.2) is 0 Å². The zero-order valence-corrected chi connectivity index (χ0v) is 10.5. The Morgan fingerprint density at radius 1 is 1.17 bits per heavy atom. The Morgan fingerprint density at radius 3 is 2.78 bits per heavy atom. The average Bonchev–Trinajstić information content (AvgIpc) is 2.37. The van der Waals surface area contributed by atoms with E-state index in [4.69, 9.17) is 17.3 Å². The van der Waals surface area contributed by atoms with Crippen molar-refractivity contribution in [2.75, 3.05) is 23.7 Å². The molecule has 0 fully saturated rings. The highest BCUT2D eigenvalue weighted by molar-refractivity contribution is 6.30. The molecule has 0 atom stereocenters. The van der Waals surface area contributed by atoms with E-state index in [0.29, 0.717) is 23.9 Å². The van der Waals surface area contributed by atoms with Gasteiger partial charge in [0.25, 0.3) is 0 Å². The van der Waals surface area contributed by atoms with E-state index in [1.807, 2.05) is 30.3 Å². The fourth-order valence-electron chi connectivity index (χ4n) is 1.44. The summed E-state index contributed by atoms with van der Waals surface area (Å²) in [5, 5.41) is 6.92. The maximum Gasteiger partial charge on any atom is 0.135 e. The highest BCUT2D eigenvalue weighted by atomic mass is 35.5. The van der Waals surface area contributed by atoms with Crippen LogP contribution in [0.15, 0.2) is 36.7 Å². The molecule has 4 N–H and O–H groups in total. The summed E-state index contributed by atoms with van der Waals surface area (Å²) in [6, 6.07) is 9.26. The predicted octanol–water partition coefficient (Wildman–Crippen LogP) is 2.24. The fraction of sp³-hybridized carbons (Fsp3) is 0.167. The van der Waals surface area contributed by atoms with Crippen LogP contribution in [0.4, 0.5) is 17.3 Å². The van der Waals surface area contributed by atoms with Crippen molar-refractivity contribution in [1.82, 2.24) is 9.97 Å². The lowest BCUT2D eigenvalue weighted by Crippen LogP contribution is -2.14. The molecule has 1 aromatic heterocycles. The zero-order chi connectivity index (χ0) is 12.8. The van der Waals surface area contributed by atoms with Crippen LogP contribution in [-0.2, 0) is 0 Å². The molecule has 0 unspecified atom stereocenters. The molecule has 6 heteroatoms. The summed E-state index contributed by atoms with van der Waals surface area (Å²) >= 11 is 5.91. The van der Waals surface area contributed by atoms with Gasteiger partial charge in [0, 0.05) is 29.9 Å². The van der Waals surface area contributed by atoms with Gasteiger partial charge in [-0.25, -0.2) is 9.97 Å². The summed E-state index contributed by atoms with van der Waals surface area (Å²) in [4.78, 5) is 8.23. The van der Waals surface area contributed by atoms with Gasteiger partial charge >= 0.3 is 0 Å². The number of benzene rings is 1. The smallest absolute Gasteiger partial charge is 0.135 e. The van der Waals surface area contributed by atoms with Crippen molar-refractivity contribution >= 4 is 28.9 Å². The highest BCUT2D eigenvalue weighted by Crippen LogP contribution is 2.19. The van der Waals surface area contributed by atoms with Crippen molar-refractivity contribution in [3.63, 3.8) is 0 Å². The molecule has 2 aromatic rings. The SMILES string of the molecule is NCCNc1cc(Nc2cccc(Cl)c2)ncn1. The van der Waals surface area contributed by atoms with Crippen LogP contribution in [0.5, 0.6) is 0 Å². The monoisotopic (exact) mass is 263 g/mol. The van der Waals surface area contributed by atoms with Gasteiger partial charge in [0.1, 0.15) is 18.0 Å². The van der Waals surface area contributed by atoms with Crippen molar-refractivity contribution in [3.8, 4) is 0 Å². The number of halogens is 1. The average molecular weight is 264 g/mol. The summed E-state index contributed by atoms with van der Waals surface area (Å²) in [7, 11) is 0. The van der Waals surface area contributed by atoms with E-state index in [0.717, 1.165) is 11.5 Å². The molecule has 1 aromatic carbocycles. The van der Waals surface area contributed by atoms with Crippen LogP contribution in [-0.4, -0.2) is 23.1 Å². The molecular weight excluding hydrogens is 250 g/mol. The van der Waals surface area contributed by atoms with E-state index >= 15 is 0 Å². The van der Waals surface area contributed by atoms with Crippen molar-refractivity contribution < 1.29 is 0 Å². The van der Waals surface area contributed by atoms with Crippen molar-refractivity contribution in [2.24, 2.45) is 5.73 Å². The normalized spacial score (nSPS) is 10.1. The zero-order valence-electron chi connectivity index (χ0n) is 9.73.